The molecule has 0 aromatic carbocycles. The highest BCUT2D eigenvalue weighted by Gasteiger charge is 2.48. The molecule has 0 bridgehead atoms. The van der Waals surface area contributed by atoms with E-state index in [1.165, 1.54) is 103 Å². The van der Waals surface area contributed by atoms with Gasteiger partial charge in [0.25, 0.3) is 0 Å². The van der Waals surface area contributed by atoms with Crippen molar-refractivity contribution in [3.63, 3.8) is 0 Å². The van der Waals surface area contributed by atoms with Crippen molar-refractivity contribution in [1.82, 2.24) is 0 Å². The van der Waals surface area contributed by atoms with Crippen LogP contribution in [0.25, 0.3) is 0 Å². The van der Waals surface area contributed by atoms with Gasteiger partial charge in [0.1, 0.15) is 30.5 Å². The first kappa shape index (κ1) is 53.6. The fourth-order valence-corrected chi connectivity index (χ4v) is 7.35. The van der Waals surface area contributed by atoms with Crippen LogP contribution in [-0.4, -0.2) is 97.5 Å². The summed E-state index contributed by atoms with van der Waals surface area (Å²) in [5, 5.41) is 30.6. The minimum atomic E-state index is -5.06. The van der Waals surface area contributed by atoms with Gasteiger partial charge in [0, 0.05) is 13.0 Å². The van der Waals surface area contributed by atoms with E-state index < -0.39 is 59.8 Å². The summed E-state index contributed by atoms with van der Waals surface area (Å²) in [4.78, 5) is 12.8. The number of rotatable bonds is 39. The lowest BCUT2D eigenvalue weighted by atomic mass is 9.99. The molecule has 0 amide bonds. The van der Waals surface area contributed by atoms with Crippen LogP contribution in [0.15, 0.2) is 24.3 Å². The lowest BCUT2D eigenvalue weighted by molar-refractivity contribution is -0.301. The van der Waals surface area contributed by atoms with Gasteiger partial charge in [-0.3, -0.25) is 9.35 Å². The molecule has 1 aliphatic heterocycles. The smallest absolute Gasteiger partial charge is 0.397 e. The molecule has 0 aromatic rings. The van der Waals surface area contributed by atoms with Gasteiger partial charge in [-0.1, -0.05) is 141 Å². The average molecular weight is 835 g/mol. The molecule has 1 heterocycles. The van der Waals surface area contributed by atoms with E-state index in [0.29, 0.717) is 13.0 Å². The lowest BCUT2D eigenvalue weighted by Crippen LogP contribution is -2.60. The predicted octanol–water partition coefficient (Wildman–Crippen LogP) is 9.24. The van der Waals surface area contributed by atoms with Crippen molar-refractivity contribution in [2.24, 2.45) is 0 Å². The molecule has 336 valence electrons. The Bertz CT molecular complexity index is 1100. The molecule has 1 saturated heterocycles. The van der Waals surface area contributed by atoms with Gasteiger partial charge in [-0.2, -0.15) is 8.42 Å². The largest absolute Gasteiger partial charge is 0.457 e. The molecule has 0 radical (unpaired) electrons. The quantitative estimate of drug-likeness (QED) is 0.0200. The van der Waals surface area contributed by atoms with Gasteiger partial charge >= 0.3 is 16.4 Å². The Morgan fingerprint density at radius 3 is 1.61 bits per heavy atom. The Labute approximate surface area is 346 Å². The van der Waals surface area contributed by atoms with Gasteiger partial charge in [0.05, 0.1) is 19.8 Å². The highest BCUT2D eigenvalue weighted by molar-refractivity contribution is 7.80. The fraction of sp³-hybridized carbons (Fsp3) is 0.886. The second-order valence-electron chi connectivity index (χ2n) is 15.6. The molecule has 1 aliphatic rings. The summed E-state index contributed by atoms with van der Waals surface area (Å²) in [5.74, 6) is -0.409. The maximum atomic E-state index is 12.8. The molecule has 6 atom stereocenters. The second-order valence-corrected chi connectivity index (χ2v) is 16.7. The zero-order valence-electron chi connectivity index (χ0n) is 35.7. The fourth-order valence-electron chi connectivity index (χ4n) is 6.84. The molecule has 13 heteroatoms. The third kappa shape index (κ3) is 30.3. The van der Waals surface area contributed by atoms with E-state index in [1.807, 2.05) is 0 Å². The zero-order chi connectivity index (χ0) is 41.8. The Kier molecular flexibility index (Phi) is 34.3. The number of aliphatic hydroxyl groups is 3. The predicted molar refractivity (Wildman–Crippen MR) is 225 cm³/mol. The average Bonchev–Trinajstić information content (AvgIpc) is 3.18. The molecule has 0 aromatic heterocycles. The molecule has 0 aliphatic carbocycles. The van der Waals surface area contributed by atoms with E-state index in [0.717, 1.165) is 57.8 Å². The molecular formula is C44H82O12S. The molecule has 4 N–H and O–H groups in total. The number of hydrogen-bond acceptors (Lipinski definition) is 11. The number of carbonyl (C=O) groups excluding carboxylic acids is 1. The van der Waals surface area contributed by atoms with Gasteiger partial charge in [0.15, 0.2) is 6.29 Å². The first-order chi connectivity index (χ1) is 27.6. The van der Waals surface area contributed by atoms with Gasteiger partial charge in [-0.25, -0.2) is 4.18 Å². The van der Waals surface area contributed by atoms with Crippen molar-refractivity contribution in [1.29, 1.82) is 0 Å². The number of unbranched alkanes of at least 4 members (excludes halogenated alkanes) is 22. The Hall–Kier alpha value is -1.42. The van der Waals surface area contributed by atoms with E-state index in [1.54, 1.807) is 0 Å². The second kappa shape index (κ2) is 36.4. The van der Waals surface area contributed by atoms with Crippen molar-refractivity contribution >= 4 is 16.4 Å². The van der Waals surface area contributed by atoms with Crippen LogP contribution in [-0.2, 0) is 38.3 Å². The minimum absolute atomic E-state index is 0.0327. The number of allylic oxidation sites excluding steroid dienone is 4. The van der Waals surface area contributed by atoms with E-state index in [9.17, 15) is 28.5 Å². The van der Waals surface area contributed by atoms with Crippen LogP contribution < -0.4 is 0 Å². The van der Waals surface area contributed by atoms with Crippen LogP contribution in [0.2, 0.25) is 0 Å². The topological polar surface area (TPSA) is 178 Å². The minimum Gasteiger partial charge on any atom is -0.457 e. The van der Waals surface area contributed by atoms with Gasteiger partial charge in [0.2, 0.25) is 0 Å². The van der Waals surface area contributed by atoms with Crippen LogP contribution in [0.4, 0.5) is 0 Å². The van der Waals surface area contributed by atoms with Crippen molar-refractivity contribution in [3.05, 3.63) is 24.3 Å². The van der Waals surface area contributed by atoms with Crippen molar-refractivity contribution < 1.29 is 56.2 Å². The summed E-state index contributed by atoms with van der Waals surface area (Å²) >= 11 is 0. The van der Waals surface area contributed by atoms with Crippen molar-refractivity contribution in [2.45, 2.75) is 224 Å². The first-order valence-corrected chi connectivity index (χ1v) is 24.0. The monoisotopic (exact) mass is 835 g/mol. The SMILES string of the molecule is CCCCC/C=C\CCCCCCCC(=O)OC(COCCCCCCCCCC/C=C\CCCCCCCC)COC1OC(CO)C(O)C(OS(=O)(=O)O)C1O. The van der Waals surface area contributed by atoms with E-state index >= 15 is 0 Å². The third-order valence-electron chi connectivity index (χ3n) is 10.3. The highest BCUT2D eigenvalue weighted by atomic mass is 32.3. The molecular weight excluding hydrogens is 753 g/mol. The van der Waals surface area contributed by atoms with Crippen LogP contribution in [0.3, 0.4) is 0 Å². The molecule has 1 fully saturated rings. The highest BCUT2D eigenvalue weighted by Crippen LogP contribution is 2.26. The Balaban J connectivity index is 2.42. The van der Waals surface area contributed by atoms with Crippen molar-refractivity contribution in [3.8, 4) is 0 Å². The summed E-state index contributed by atoms with van der Waals surface area (Å²) in [6, 6.07) is 0. The van der Waals surface area contributed by atoms with E-state index in [-0.39, 0.29) is 19.6 Å². The zero-order valence-corrected chi connectivity index (χ0v) is 36.5. The number of esters is 1. The summed E-state index contributed by atoms with van der Waals surface area (Å²) < 4.78 is 59.0. The van der Waals surface area contributed by atoms with Crippen LogP contribution in [0, 0.1) is 0 Å². The summed E-state index contributed by atoms with van der Waals surface area (Å²) in [5.41, 5.74) is 0. The number of hydrogen-bond donors (Lipinski definition) is 4. The molecule has 0 spiro atoms. The first-order valence-electron chi connectivity index (χ1n) is 22.6. The maximum absolute atomic E-state index is 12.8. The van der Waals surface area contributed by atoms with E-state index in [2.05, 4.69) is 42.3 Å². The lowest BCUT2D eigenvalue weighted by Gasteiger charge is -2.41. The summed E-state index contributed by atoms with van der Waals surface area (Å²) in [6.45, 7) is 3.95. The molecule has 57 heavy (non-hydrogen) atoms. The standard InChI is InChI=1S/C44H82O12S/c1-3-5-7-9-11-13-15-17-18-19-20-21-22-24-26-28-30-32-34-52-36-38(54-40(46)33-31-29-27-25-23-16-14-12-10-8-6-4-2)37-53-44-42(48)43(56-57(49,50)51)41(47)39(35-45)55-44/h12,14,17-18,38-39,41-45,47-48H,3-11,13,15-16,19-37H2,1-2H3,(H,49,50,51)/b14-12-,18-17-. The van der Waals surface area contributed by atoms with Crippen LogP contribution in [0.5, 0.6) is 0 Å². The molecule has 6 unspecified atom stereocenters. The van der Waals surface area contributed by atoms with Gasteiger partial charge < -0.3 is 34.3 Å². The normalized spacial score (nSPS) is 20.8. The molecule has 1 rings (SSSR count). The van der Waals surface area contributed by atoms with Crippen molar-refractivity contribution in [2.75, 3.05) is 26.4 Å². The van der Waals surface area contributed by atoms with Crippen LogP contribution >= 0.6 is 0 Å². The van der Waals surface area contributed by atoms with Crippen LogP contribution in [0.1, 0.15) is 187 Å². The number of carbonyl (C=O) groups is 1. The maximum Gasteiger partial charge on any atom is 0.397 e. The van der Waals surface area contributed by atoms with E-state index in [4.69, 9.17) is 23.5 Å². The Morgan fingerprint density at radius 2 is 1.11 bits per heavy atom. The number of aliphatic hydroxyl groups excluding tert-OH is 3. The van der Waals surface area contributed by atoms with Gasteiger partial charge in [-0.05, 0) is 64.2 Å². The number of ether oxygens (including phenoxy) is 4. The summed E-state index contributed by atoms with van der Waals surface area (Å²) in [7, 11) is -5.06. The van der Waals surface area contributed by atoms with Gasteiger partial charge in [-0.15, -0.1) is 0 Å². The summed E-state index contributed by atoms with van der Waals surface area (Å²) in [6.07, 6.45) is 30.7. The Morgan fingerprint density at radius 1 is 0.649 bits per heavy atom. The molecule has 0 saturated carbocycles. The third-order valence-corrected chi connectivity index (χ3v) is 10.8. The molecule has 12 nitrogen and oxygen atoms in total.